The van der Waals surface area contributed by atoms with Crippen LogP contribution in [-0.4, -0.2) is 11.7 Å². The Balaban J connectivity index is 2.41. The maximum atomic E-state index is 11.0. The third-order valence-electron chi connectivity index (χ3n) is 3.25. The number of hydrogen-bond donors (Lipinski definition) is 2. The van der Waals surface area contributed by atoms with E-state index in [0.717, 1.165) is 17.5 Å². The molecule has 0 aromatic heterocycles. The van der Waals surface area contributed by atoms with Crippen LogP contribution in [0, 0.1) is 0 Å². The van der Waals surface area contributed by atoms with Gasteiger partial charge in [0.25, 0.3) is 0 Å². The van der Waals surface area contributed by atoms with Crippen LogP contribution in [0.1, 0.15) is 24.0 Å². The summed E-state index contributed by atoms with van der Waals surface area (Å²) < 4.78 is 0. The summed E-state index contributed by atoms with van der Waals surface area (Å²) >= 11 is 0. The Kier molecular flexibility index (Phi) is 4.13. The Morgan fingerprint density at radius 3 is 1.67 bits per heavy atom. The lowest BCUT2D eigenvalue weighted by atomic mass is 9.82. The molecule has 0 unspecified atom stereocenters. The van der Waals surface area contributed by atoms with Crippen LogP contribution in [0.3, 0.4) is 0 Å². The van der Waals surface area contributed by atoms with Crippen LogP contribution < -0.4 is 5.73 Å². The first-order valence-corrected chi connectivity index (χ1v) is 6.31. The zero-order chi connectivity index (χ0) is 12.8. The lowest BCUT2D eigenvalue weighted by Gasteiger charge is -2.29. The van der Waals surface area contributed by atoms with E-state index in [1.54, 1.807) is 0 Å². The average molecular weight is 241 g/mol. The largest absolute Gasteiger partial charge is 0.380 e. The summed E-state index contributed by atoms with van der Waals surface area (Å²) in [6.45, 7) is 0.585. The summed E-state index contributed by atoms with van der Waals surface area (Å²) in [5.74, 6) is 0. The molecule has 0 saturated carbocycles. The fourth-order valence-electron chi connectivity index (χ4n) is 2.24. The van der Waals surface area contributed by atoms with Gasteiger partial charge >= 0.3 is 0 Å². The first-order valence-electron chi connectivity index (χ1n) is 6.31. The van der Waals surface area contributed by atoms with Crippen LogP contribution in [-0.2, 0) is 5.60 Å². The van der Waals surface area contributed by atoms with Gasteiger partial charge in [0.1, 0.15) is 5.60 Å². The molecule has 2 heteroatoms. The molecule has 3 N–H and O–H groups in total. The van der Waals surface area contributed by atoms with Crippen LogP contribution in [0.2, 0.25) is 0 Å². The second-order valence-corrected chi connectivity index (χ2v) is 4.48. The van der Waals surface area contributed by atoms with E-state index < -0.39 is 5.60 Å². The molecule has 0 aliphatic rings. The van der Waals surface area contributed by atoms with E-state index in [9.17, 15) is 5.11 Å². The van der Waals surface area contributed by atoms with E-state index in [2.05, 4.69) is 0 Å². The van der Waals surface area contributed by atoms with Gasteiger partial charge in [-0.2, -0.15) is 0 Å². The lowest BCUT2D eigenvalue weighted by Crippen LogP contribution is -2.28. The minimum Gasteiger partial charge on any atom is -0.380 e. The predicted molar refractivity (Wildman–Crippen MR) is 74.2 cm³/mol. The third-order valence-corrected chi connectivity index (χ3v) is 3.25. The third kappa shape index (κ3) is 2.61. The Hall–Kier alpha value is -1.64. The molecule has 0 aliphatic carbocycles. The van der Waals surface area contributed by atoms with Crippen molar-refractivity contribution in [2.75, 3.05) is 6.54 Å². The van der Waals surface area contributed by atoms with E-state index in [-0.39, 0.29) is 0 Å². The average Bonchev–Trinajstić information content (AvgIpc) is 2.46. The standard InChI is InChI=1S/C16H19NO/c17-13-7-12-16(18,14-8-3-1-4-9-14)15-10-5-2-6-11-15/h1-6,8-11,18H,7,12-13,17H2. The van der Waals surface area contributed by atoms with Gasteiger partial charge in [-0.1, -0.05) is 60.7 Å². The van der Waals surface area contributed by atoms with Crippen molar-refractivity contribution in [1.29, 1.82) is 0 Å². The van der Waals surface area contributed by atoms with Crippen molar-refractivity contribution in [2.24, 2.45) is 5.73 Å². The molecule has 0 radical (unpaired) electrons. The summed E-state index contributed by atoms with van der Waals surface area (Å²) in [6.07, 6.45) is 1.43. The molecule has 0 spiro atoms. The first-order chi connectivity index (χ1) is 8.77. The van der Waals surface area contributed by atoms with Crippen molar-refractivity contribution < 1.29 is 5.11 Å². The molecule has 18 heavy (non-hydrogen) atoms. The fourth-order valence-corrected chi connectivity index (χ4v) is 2.24. The smallest absolute Gasteiger partial charge is 0.115 e. The summed E-state index contributed by atoms with van der Waals surface area (Å²) in [5, 5.41) is 11.0. The van der Waals surface area contributed by atoms with Gasteiger partial charge in [-0.3, -0.25) is 0 Å². The zero-order valence-corrected chi connectivity index (χ0v) is 10.4. The van der Waals surface area contributed by atoms with Crippen LogP contribution in [0.25, 0.3) is 0 Å². The molecule has 0 amide bonds. The van der Waals surface area contributed by atoms with E-state index in [4.69, 9.17) is 5.73 Å². The molecular formula is C16H19NO. The lowest BCUT2D eigenvalue weighted by molar-refractivity contribution is 0.0694. The van der Waals surface area contributed by atoms with Gasteiger partial charge in [0.2, 0.25) is 0 Å². The molecule has 2 rings (SSSR count). The van der Waals surface area contributed by atoms with Gasteiger partial charge in [0, 0.05) is 0 Å². The highest BCUT2D eigenvalue weighted by molar-refractivity contribution is 5.35. The first kappa shape index (κ1) is 12.8. The Labute approximate surface area is 108 Å². The van der Waals surface area contributed by atoms with Gasteiger partial charge in [0.05, 0.1) is 0 Å². The molecule has 2 aromatic carbocycles. The van der Waals surface area contributed by atoms with E-state index in [1.807, 2.05) is 60.7 Å². The summed E-state index contributed by atoms with van der Waals surface area (Å²) in [4.78, 5) is 0. The van der Waals surface area contributed by atoms with Crippen LogP contribution in [0.5, 0.6) is 0 Å². The van der Waals surface area contributed by atoms with Crippen molar-refractivity contribution in [3.63, 3.8) is 0 Å². The normalized spacial score (nSPS) is 11.4. The fraction of sp³-hybridized carbons (Fsp3) is 0.250. The maximum Gasteiger partial charge on any atom is 0.115 e. The SMILES string of the molecule is NCCCC(O)(c1ccccc1)c1ccccc1. The summed E-state index contributed by atoms with van der Waals surface area (Å²) in [5.41, 5.74) is 6.48. The molecule has 94 valence electrons. The minimum absolute atomic E-state index is 0.585. The van der Waals surface area contributed by atoms with Crippen molar-refractivity contribution >= 4 is 0 Å². The van der Waals surface area contributed by atoms with Crippen LogP contribution in [0.4, 0.5) is 0 Å². The number of rotatable bonds is 5. The minimum atomic E-state index is -0.943. The Morgan fingerprint density at radius 2 is 1.28 bits per heavy atom. The van der Waals surface area contributed by atoms with Gasteiger partial charge in [-0.25, -0.2) is 0 Å². The quantitative estimate of drug-likeness (QED) is 0.845. The van der Waals surface area contributed by atoms with Crippen molar-refractivity contribution in [3.8, 4) is 0 Å². The number of aliphatic hydroxyl groups is 1. The summed E-state index contributed by atoms with van der Waals surface area (Å²) in [6, 6.07) is 19.6. The summed E-state index contributed by atoms with van der Waals surface area (Å²) in [7, 11) is 0. The molecule has 0 bridgehead atoms. The molecular weight excluding hydrogens is 222 g/mol. The van der Waals surface area contributed by atoms with Gasteiger partial charge < -0.3 is 10.8 Å². The second-order valence-electron chi connectivity index (χ2n) is 4.48. The van der Waals surface area contributed by atoms with Gasteiger partial charge in [-0.05, 0) is 30.5 Å². The van der Waals surface area contributed by atoms with E-state index in [1.165, 1.54) is 0 Å². The molecule has 0 aliphatic heterocycles. The maximum absolute atomic E-state index is 11.0. The molecule has 0 fully saturated rings. The molecule has 0 atom stereocenters. The highest BCUT2D eigenvalue weighted by atomic mass is 16.3. The second kappa shape index (κ2) is 5.80. The molecule has 0 heterocycles. The zero-order valence-electron chi connectivity index (χ0n) is 10.4. The highest BCUT2D eigenvalue weighted by Crippen LogP contribution is 2.33. The monoisotopic (exact) mass is 241 g/mol. The van der Waals surface area contributed by atoms with E-state index in [0.29, 0.717) is 13.0 Å². The van der Waals surface area contributed by atoms with Crippen molar-refractivity contribution in [2.45, 2.75) is 18.4 Å². The topological polar surface area (TPSA) is 46.2 Å². The van der Waals surface area contributed by atoms with Gasteiger partial charge in [-0.15, -0.1) is 0 Å². The number of benzene rings is 2. The Morgan fingerprint density at radius 1 is 0.833 bits per heavy atom. The van der Waals surface area contributed by atoms with Crippen molar-refractivity contribution in [3.05, 3.63) is 71.8 Å². The Bertz CT molecular complexity index is 427. The molecule has 2 aromatic rings. The van der Waals surface area contributed by atoms with E-state index >= 15 is 0 Å². The van der Waals surface area contributed by atoms with Crippen LogP contribution in [0.15, 0.2) is 60.7 Å². The number of hydrogen-bond acceptors (Lipinski definition) is 2. The molecule has 2 nitrogen and oxygen atoms in total. The molecule has 0 saturated heterocycles. The van der Waals surface area contributed by atoms with Gasteiger partial charge in [0.15, 0.2) is 0 Å². The highest BCUT2D eigenvalue weighted by Gasteiger charge is 2.30. The van der Waals surface area contributed by atoms with Crippen LogP contribution >= 0.6 is 0 Å². The number of nitrogens with two attached hydrogens (primary N) is 1. The van der Waals surface area contributed by atoms with Crippen molar-refractivity contribution in [1.82, 2.24) is 0 Å². The predicted octanol–water partition coefficient (Wildman–Crippen LogP) is 2.66.